The molecular weight excluding hydrogens is 218 g/mol. The van der Waals surface area contributed by atoms with Gasteiger partial charge in [0.25, 0.3) is 5.91 Å². The first kappa shape index (κ1) is 10.5. The third kappa shape index (κ3) is 1.62. The standard InChI is InChI=1S/C10H8F2N2O2/c1-14-4-9(15)13-8-3-7(12)6(11)2-5(8)10(14)16/h2-3H,4H2,1H3,(H,13,15). The molecule has 1 aromatic carbocycles. The number of amides is 2. The first-order valence-electron chi connectivity index (χ1n) is 4.53. The van der Waals surface area contributed by atoms with Crippen molar-refractivity contribution in [2.45, 2.75) is 0 Å². The van der Waals surface area contributed by atoms with Crippen molar-refractivity contribution in [3.63, 3.8) is 0 Å². The summed E-state index contributed by atoms with van der Waals surface area (Å²) in [5, 5.41) is 2.34. The van der Waals surface area contributed by atoms with Crippen LogP contribution in [0.15, 0.2) is 12.1 Å². The van der Waals surface area contributed by atoms with E-state index in [2.05, 4.69) is 5.32 Å². The number of anilines is 1. The fraction of sp³-hybridized carbons (Fsp3) is 0.200. The van der Waals surface area contributed by atoms with Gasteiger partial charge in [-0.1, -0.05) is 0 Å². The number of nitrogens with zero attached hydrogens (tertiary/aromatic N) is 1. The number of nitrogens with one attached hydrogen (secondary N) is 1. The number of likely N-dealkylation sites (N-methyl/N-ethyl adjacent to an activating group) is 1. The fourth-order valence-corrected chi connectivity index (χ4v) is 1.51. The normalized spacial score (nSPS) is 15.6. The molecule has 2 rings (SSSR count). The second-order valence-corrected chi connectivity index (χ2v) is 3.52. The Hall–Kier alpha value is -1.98. The molecule has 0 aliphatic carbocycles. The van der Waals surface area contributed by atoms with Crippen LogP contribution in [-0.2, 0) is 4.79 Å². The molecule has 84 valence electrons. The molecule has 0 radical (unpaired) electrons. The van der Waals surface area contributed by atoms with Crippen molar-refractivity contribution >= 4 is 17.5 Å². The van der Waals surface area contributed by atoms with E-state index in [1.165, 1.54) is 7.05 Å². The maximum Gasteiger partial charge on any atom is 0.256 e. The molecule has 6 heteroatoms. The van der Waals surface area contributed by atoms with E-state index < -0.39 is 23.4 Å². The van der Waals surface area contributed by atoms with Crippen molar-refractivity contribution in [1.29, 1.82) is 0 Å². The average molecular weight is 226 g/mol. The number of rotatable bonds is 0. The number of benzene rings is 1. The lowest BCUT2D eigenvalue weighted by Gasteiger charge is -2.12. The number of hydrogen-bond donors (Lipinski definition) is 1. The molecule has 0 bridgehead atoms. The van der Waals surface area contributed by atoms with Crippen LogP contribution in [0.5, 0.6) is 0 Å². The molecular formula is C10H8F2N2O2. The minimum atomic E-state index is -1.11. The number of halogens is 2. The van der Waals surface area contributed by atoms with Crippen molar-refractivity contribution in [2.75, 3.05) is 18.9 Å². The van der Waals surface area contributed by atoms with Crippen LogP contribution in [0.1, 0.15) is 10.4 Å². The summed E-state index contributed by atoms with van der Waals surface area (Å²) in [6.07, 6.45) is 0. The first-order valence-corrected chi connectivity index (χ1v) is 4.53. The fourth-order valence-electron chi connectivity index (χ4n) is 1.51. The van der Waals surface area contributed by atoms with Crippen molar-refractivity contribution < 1.29 is 18.4 Å². The Kier molecular flexibility index (Phi) is 2.34. The van der Waals surface area contributed by atoms with E-state index in [0.29, 0.717) is 0 Å². The summed E-state index contributed by atoms with van der Waals surface area (Å²) in [6, 6.07) is 1.59. The number of carbonyl (C=O) groups is 2. The van der Waals surface area contributed by atoms with E-state index in [0.717, 1.165) is 17.0 Å². The Morgan fingerprint density at radius 3 is 2.56 bits per heavy atom. The Bertz CT molecular complexity index is 488. The highest BCUT2D eigenvalue weighted by atomic mass is 19.2. The third-order valence-corrected chi connectivity index (χ3v) is 2.29. The summed E-state index contributed by atoms with van der Waals surface area (Å²) < 4.78 is 25.9. The van der Waals surface area contributed by atoms with E-state index >= 15 is 0 Å². The van der Waals surface area contributed by atoms with Gasteiger partial charge in [-0.25, -0.2) is 8.78 Å². The van der Waals surface area contributed by atoms with Gasteiger partial charge >= 0.3 is 0 Å². The van der Waals surface area contributed by atoms with Crippen molar-refractivity contribution in [2.24, 2.45) is 0 Å². The van der Waals surface area contributed by atoms with Crippen LogP contribution in [0.25, 0.3) is 0 Å². The Labute approximate surface area is 89.8 Å². The van der Waals surface area contributed by atoms with E-state index in [9.17, 15) is 18.4 Å². The molecule has 0 atom stereocenters. The highest BCUT2D eigenvalue weighted by molar-refractivity contribution is 6.08. The Balaban J connectivity index is 2.60. The van der Waals surface area contributed by atoms with Crippen LogP contribution in [0, 0.1) is 11.6 Å². The molecule has 1 aliphatic heterocycles. The summed E-state index contributed by atoms with van der Waals surface area (Å²) in [5.74, 6) is -3.18. The van der Waals surface area contributed by atoms with Crippen LogP contribution in [0.3, 0.4) is 0 Å². The number of hydrogen-bond acceptors (Lipinski definition) is 2. The molecule has 0 saturated carbocycles. The van der Waals surface area contributed by atoms with Crippen molar-refractivity contribution in [1.82, 2.24) is 4.90 Å². The molecule has 1 heterocycles. The SMILES string of the molecule is CN1CC(=O)Nc2cc(F)c(F)cc2C1=O. The van der Waals surface area contributed by atoms with Crippen LogP contribution >= 0.6 is 0 Å². The number of fused-ring (bicyclic) bond motifs is 1. The van der Waals surface area contributed by atoms with E-state index in [1.54, 1.807) is 0 Å². The van der Waals surface area contributed by atoms with Gasteiger partial charge in [-0.2, -0.15) is 0 Å². The monoisotopic (exact) mass is 226 g/mol. The van der Waals surface area contributed by atoms with Gasteiger partial charge in [0.05, 0.1) is 17.8 Å². The molecule has 2 amide bonds. The lowest BCUT2D eigenvalue weighted by atomic mass is 10.1. The molecule has 0 spiro atoms. The largest absolute Gasteiger partial charge is 0.332 e. The molecule has 0 aromatic heterocycles. The second-order valence-electron chi connectivity index (χ2n) is 3.52. The van der Waals surface area contributed by atoms with Crippen LogP contribution in [0.2, 0.25) is 0 Å². The zero-order chi connectivity index (χ0) is 11.9. The van der Waals surface area contributed by atoms with Crippen molar-refractivity contribution in [3.8, 4) is 0 Å². The molecule has 1 N–H and O–H groups in total. The van der Waals surface area contributed by atoms with Gasteiger partial charge in [-0.05, 0) is 6.07 Å². The third-order valence-electron chi connectivity index (χ3n) is 2.29. The summed E-state index contributed by atoms with van der Waals surface area (Å²) in [4.78, 5) is 24.1. The van der Waals surface area contributed by atoms with Crippen LogP contribution < -0.4 is 5.32 Å². The second kappa shape index (κ2) is 3.55. The predicted octanol–water partition coefficient (Wildman–Crippen LogP) is 0.989. The molecule has 16 heavy (non-hydrogen) atoms. The van der Waals surface area contributed by atoms with Crippen molar-refractivity contribution in [3.05, 3.63) is 29.3 Å². The van der Waals surface area contributed by atoms with Gasteiger partial charge in [0.2, 0.25) is 5.91 Å². The van der Waals surface area contributed by atoms with Gasteiger partial charge in [-0.15, -0.1) is 0 Å². The summed E-state index contributed by atoms with van der Waals surface area (Å²) in [7, 11) is 1.41. The first-order chi connectivity index (χ1) is 7.49. The lowest BCUT2D eigenvalue weighted by molar-refractivity contribution is -0.116. The Morgan fingerprint density at radius 2 is 1.88 bits per heavy atom. The summed E-state index contributed by atoms with van der Waals surface area (Å²) in [6.45, 7) is -0.142. The van der Waals surface area contributed by atoms with Crippen LogP contribution in [0.4, 0.5) is 14.5 Å². The van der Waals surface area contributed by atoms with Gasteiger partial charge in [0, 0.05) is 13.1 Å². The van der Waals surface area contributed by atoms with E-state index in [1.807, 2.05) is 0 Å². The summed E-state index contributed by atoms with van der Waals surface area (Å²) in [5.41, 5.74) is -0.0505. The van der Waals surface area contributed by atoms with Gasteiger partial charge in [0.1, 0.15) is 0 Å². The summed E-state index contributed by atoms with van der Waals surface area (Å²) >= 11 is 0. The van der Waals surface area contributed by atoms with Gasteiger partial charge in [0.15, 0.2) is 11.6 Å². The molecule has 1 aliphatic rings. The minimum Gasteiger partial charge on any atom is -0.332 e. The number of carbonyl (C=O) groups excluding carboxylic acids is 2. The van der Waals surface area contributed by atoms with Gasteiger partial charge in [-0.3, -0.25) is 9.59 Å². The molecule has 0 unspecified atom stereocenters. The molecule has 0 saturated heterocycles. The van der Waals surface area contributed by atoms with Crippen LogP contribution in [-0.4, -0.2) is 30.3 Å². The Morgan fingerprint density at radius 1 is 1.25 bits per heavy atom. The predicted molar refractivity (Wildman–Crippen MR) is 51.9 cm³/mol. The average Bonchev–Trinajstić information content (AvgIpc) is 2.29. The van der Waals surface area contributed by atoms with E-state index in [-0.39, 0.29) is 17.8 Å². The highest BCUT2D eigenvalue weighted by Crippen LogP contribution is 2.23. The minimum absolute atomic E-state index is 0.00162. The maximum absolute atomic E-state index is 13.0. The van der Waals surface area contributed by atoms with Gasteiger partial charge < -0.3 is 10.2 Å². The molecule has 1 aromatic rings. The maximum atomic E-state index is 13.0. The lowest BCUT2D eigenvalue weighted by Crippen LogP contribution is -2.31. The quantitative estimate of drug-likeness (QED) is 0.717. The molecule has 4 nitrogen and oxygen atoms in total. The zero-order valence-electron chi connectivity index (χ0n) is 8.38. The zero-order valence-corrected chi connectivity index (χ0v) is 8.38. The highest BCUT2D eigenvalue weighted by Gasteiger charge is 2.25. The van der Waals surface area contributed by atoms with E-state index in [4.69, 9.17) is 0 Å². The topological polar surface area (TPSA) is 49.4 Å². The molecule has 0 fully saturated rings. The smallest absolute Gasteiger partial charge is 0.256 e.